The van der Waals surface area contributed by atoms with Crippen LogP contribution in [0.25, 0.3) is 0 Å². The molecule has 1 heterocycles. The molecule has 1 saturated carbocycles. The normalized spacial score (nSPS) is 31.9. The number of nitrogens with zero attached hydrogens (tertiary/aromatic N) is 1. The second kappa shape index (κ2) is 3.08. The summed E-state index contributed by atoms with van der Waals surface area (Å²) in [6.07, 6.45) is 5.93. The fourth-order valence-corrected chi connectivity index (χ4v) is 2.49. The minimum atomic E-state index is 0.398. The maximum atomic E-state index is 11.5. The second-order valence-corrected chi connectivity index (χ2v) is 4.29. The predicted molar refractivity (Wildman–Crippen MR) is 47.8 cm³/mol. The summed E-state index contributed by atoms with van der Waals surface area (Å²) in [6.45, 7) is 3.19. The Morgan fingerprint density at radius 1 is 1.33 bits per heavy atom. The first-order valence-electron chi connectivity index (χ1n) is 5.07. The fourth-order valence-electron chi connectivity index (χ4n) is 2.49. The maximum Gasteiger partial charge on any atom is 0.223 e. The summed E-state index contributed by atoms with van der Waals surface area (Å²) < 4.78 is 0. The molecule has 1 aliphatic heterocycles. The lowest BCUT2D eigenvalue weighted by molar-refractivity contribution is -0.129. The van der Waals surface area contributed by atoms with Crippen LogP contribution in [0.2, 0.25) is 0 Å². The molecule has 2 nitrogen and oxygen atoms in total. The van der Waals surface area contributed by atoms with Gasteiger partial charge in [0.25, 0.3) is 0 Å². The molecule has 2 rings (SSSR count). The monoisotopic (exact) mass is 167 g/mol. The van der Waals surface area contributed by atoms with Crippen LogP contribution in [0.15, 0.2) is 0 Å². The molecule has 0 aromatic carbocycles. The van der Waals surface area contributed by atoms with Crippen LogP contribution in [0.5, 0.6) is 0 Å². The van der Waals surface area contributed by atoms with Crippen LogP contribution < -0.4 is 0 Å². The highest BCUT2D eigenvalue weighted by Gasteiger charge is 2.33. The molecule has 0 bridgehead atoms. The molecule has 68 valence electrons. The molecule has 12 heavy (non-hydrogen) atoms. The summed E-state index contributed by atoms with van der Waals surface area (Å²) >= 11 is 0. The zero-order chi connectivity index (χ0) is 8.55. The largest absolute Gasteiger partial charge is 0.339 e. The van der Waals surface area contributed by atoms with Gasteiger partial charge in [0.05, 0.1) is 0 Å². The molecule has 1 saturated heterocycles. The van der Waals surface area contributed by atoms with Crippen molar-refractivity contribution in [2.75, 3.05) is 6.54 Å². The van der Waals surface area contributed by atoms with Crippen molar-refractivity contribution in [3.05, 3.63) is 0 Å². The van der Waals surface area contributed by atoms with Gasteiger partial charge >= 0.3 is 0 Å². The zero-order valence-electron chi connectivity index (χ0n) is 7.75. The molecule has 2 heteroatoms. The van der Waals surface area contributed by atoms with Crippen molar-refractivity contribution in [2.24, 2.45) is 5.92 Å². The van der Waals surface area contributed by atoms with Gasteiger partial charge in [-0.25, -0.2) is 0 Å². The van der Waals surface area contributed by atoms with Crippen LogP contribution >= 0.6 is 0 Å². The van der Waals surface area contributed by atoms with E-state index < -0.39 is 0 Å². The first-order valence-corrected chi connectivity index (χ1v) is 5.07. The third kappa shape index (κ3) is 1.35. The third-order valence-electron chi connectivity index (χ3n) is 3.12. The quantitative estimate of drug-likeness (QED) is 0.583. The molecule has 0 aromatic heterocycles. The van der Waals surface area contributed by atoms with Crippen LogP contribution in [0, 0.1) is 5.92 Å². The summed E-state index contributed by atoms with van der Waals surface area (Å²) in [5, 5.41) is 0. The highest BCUT2D eigenvalue weighted by molar-refractivity contribution is 5.78. The molecule has 1 unspecified atom stereocenters. The summed E-state index contributed by atoms with van der Waals surface area (Å²) in [6, 6.07) is 0.599. The average Bonchev–Trinajstić information content (AvgIpc) is 2.58. The fraction of sp³-hybridized carbons (Fsp3) is 0.900. The molecule has 0 aromatic rings. The number of hydrogen-bond donors (Lipinski definition) is 0. The van der Waals surface area contributed by atoms with E-state index in [4.69, 9.17) is 0 Å². The van der Waals surface area contributed by atoms with Gasteiger partial charge in [-0.2, -0.15) is 0 Å². The number of hydrogen-bond acceptors (Lipinski definition) is 1. The van der Waals surface area contributed by atoms with Crippen LogP contribution in [0.1, 0.15) is 39.0 Å². The van der Waals surface area contributed by atoms with Gasteiger partial charge < -0.3 is 4.90 Å². The molecule has 2 fully saturated rings. The summed E-state index contributed by atoms with van der Waals surface area (Å²) in [5.41, 5.74) is 0. The lowest BCUT2D eigenvalue weighted by atomic mass is 10.2. The first kappa shape index (κ1) is 8.09. The Morgan fingerprint density at radius 3 is 2.50 bits per heavy atom. The average molecular weight is 167 g/mol. The molecule has 0 N–H and O–H groups in total. The van der Waals surface area contributed by atoms with Crippen molar-refractivity contribution in [1.29, 1.82) is 0 Å². The van der Waals surface area contributed by atoms with E-state index in [-0.39, 0.29) is 0 Å². The van der Waals surface area contributed by atoms with Crippen molar-refractivity contribution < 1.29 is 4.79 Å². The van der Waals surface area contributed by atoms with Gasteiger partial charge in [-0.1, -0.05) is 19.8 Å². The van der Waals surface area contributed by atoms with Crippen molar-refractivity contribution >= 4 is 5.91 Å². The topological polar surface area (TPSA) is 20.3 Å². The summed E-state index contributed by atoms with van der Waals surface area (Å²) in [5.74, 6) is 0.993. The Kier molecular flexibility index (Phi) is 2.07. The molecule has 1 amide bonds. The smallest absolute Gasteiger partial charge is 0.223 e. The van der Waals surface area contributed by atoms with Crippen LogP contribution in [-0.2, 0) is 4.79 Å². The minimum Gasteiger partial charge on any atom is -0.339 e. The van der Waals surface area contributed by atoms with E-state index in [2.05, 4.69) is 11.8 Å². The third-order valence-corrected chi connectivity index (χ3v) is 3.12. The number of amides is 1. The van der Waals surface area contributed by atoms with Gasteiger partial charge in [0.15, 0.2) is 0 Å². The standard InChI is InChI=1S/C10H17NO/c1-8-6-10(12)11(7-8)9-4-2-3-5-9/h8-9H,2-7H2,1H3. The molecule has 1 atom stereocenters. The van der Waals surface area contributed by atoms with E-state index in [0.717, 1.165) is 13.0 Å². The van der Waals surface area contributed by atoms with Crippen molar-refractivity contribution in [3.8, 4) is 0 Å². The Balaban J connectivity index is 1.98. The van der Waals surface area contributed by atoms with E-state index in [1.165, 1.54) is 25.7 Å². The Bertz CT molecular complexity index is 184. The van der Waals surface area contributed by atoms with Crippen molar-refractivity contribution in [1.82, 2.24) is 4.90 Å². The molecular weight excluding hydrogens is 150 g/mol. The molecule has 1 aliphatic carbocycles. The lowest BCUT2D eigenvalue weighted by Crippen LogP contribution is -2.34. The van der Waals surface area contributed by atoms with E-state index in [1.807, 2.05) is 0 Å². The van der Waals surface area contributed by atoms with Crippen LogP contribution in [-0.4, -0.2) is 23.4 Å². The van der Waals surface area contributed by atoms with Gasteiger partial charge in [0, 0.05) is 19.0 Å². The zero-order valence-corrected chi connectivity index (χ0v) is 7.75. The van der Waals surface area contributed by atoms with E-state index >= 15 is 0 Å². The second-order valence-electron chi connectivity index (χ2n) is 4.29. The van der Waals surface area contributed by atoms with E-state index in [1.54, 1.807) is 0 Å². The van der Waals surface area contributed by atoms with Gasteiger partial charge in [0.2, 0.25) is 5.91 Å². The van der Waals surface area contributed by atoms with Crippen LogP contribution in [0.4, 0.5) is 0 Å². The minimum absolute atomic E-state index is 0.398. The number of likely N-dealkylation sites (tertiary alicyclic amines) is 1. The SMILES string of the molecule is CC1CC(=O)N(C2CCCC2)C1. The maximum absolute atomic E-state index is 11.5. The van der Waals surface area contributed by atoms with Crippen molar-refractivity contribution in [3.63, 3.8) is 0 Å². The molecule has 0 spiro atoms. The van der Waals surface area contributed by atoms with Crippen LogP contribution in [0.3, 0.4) is 0 Å². The molecular formula is C10H17NO. The Labute approximate surface area is 73.9 Å². The Morgan fingerprint density at radius 2 is 2.00 bits per heavy atom. The molecule has 2 aliphatic rings. The highest BCUT2D eigenvalue weighted by Crippen LogP contribution is 2.28. The number of rotatable bonds is 1. The van der Waals surface area contributed by atoms with Gasteiger partial charge in [-0.05, 0) is 18.8 Å². The number of carbonyl (C=O) groups excluding carboxylic acids is 1. The summed E-state index contributed by atoms with van der Waals surface area (Å²) in [4.78, 5) is 13.6. The van der Waals surface area contributed by atoms with Crippen molar-refractivity contribution in [2.45, 2.75) is 45.1 Å². The highest BCUT2D eigenvalue weighted by atomic mass is 16.2. The number of carbonyl (C=O) groups is 1. The first-order chi connectivity index (χ1) is 5.77. The predicted octanol–water partition coefficient (Wildman–Crippen LogP) is 1.80. The van der Waals surface area contributed by atoms with Gasteiger partial charge in [-0.15, -0.1) is 0 Å². The molecule has 0 radical (unpaired) electrons. The van der Waals surface area contributed by atoms with Gasteiger partial charge in [0.1, 0.15) is 0 Å². The van der Waals surface area contributed by atoms with E-state index in [0.29, 0.717) is 17.9 Å². The van der Waals surface area contributed by atoms with E-state index in [9.17, 15) is 4.79 Å². The Hall–Kier alpha value is -0.530. The lowest BCUT2D eigenvalue weighted by Gasteiger charge is -2.23. The summed E-state index contributed by atoms with van der Waals surface area (Å²) in [7, 11) is 0. The van der Waals surface area contributed by atoms with Gasteiger partial charge in [-0.3, -0.25) is 4.79 Å².